The molecule has 0 N–H and O–H groups in total. The number of thioether (sulfide) groups is 1. The van der Waals surface area contributed by atoms with Crippen LogP contribution in [-0.2, 0) is 5.75 Å². The molecule has 0 atom stereocenters. The van der Waals surface area contributed by atoms with E-state index < -0.39 is 0 Å². The molecule has 0 saturated heterocycles. The van der Waals surface area contributed by atoms with Gasteiger partial charge in [0.2, 0.25) is 5.16 Å². The average molecular weight is 301 g/mol. The molecule has 1 heterocycles. The molecule has 0 aliphatic heterocycles. The van der Waals surface area contributed by atoms with Crippen molar-refractivity contribution in [3.05, 3.63) is 33.8 Å². The van der Waals surface area contributed by atoms with Crippen LogP contribution in [0.5, 0.6) is 0 Å². The summed E-state index contributed by atoms with van der Waals surface area (Å²) in [7, 11) is 0. The second kappa shape index (κ2) is 5.07. The maximum Gasteiger partial charge on any atom is 0.209 e. The van der Waals surface area contributed by atoms with Crippen molar-refractivity contribution >= 4 is 35.0 Å². The Kier molecular flexibility index (Phi) is 3.46. The summed E-state index contributed by atoms with van der Waals surface area (Å²) < 4.78 is 1.88. The van der Waals surface area contributed by atoms with Crippen LogP contribution in [0.1, 0.15) is 24.4 Å². The van der Waals surface area contributed by atoms with Gasteiger partial charge in [0.05, 0.1) is 6.04 Å². The summed E-state index contributed by atoms with van der Waals surface area (Å²) in [6.07, 6.45) is 2.32. The zero-order valence-corrected chi connectivity index (χ0v) is 11.7. The van der Waals surface area contributed by atoms with Crippen molar-refractivity contribution in [1.29, 1.82) is 0 Å². The first-order valence-corrected chi connectivity index (χ1v) is 7.33. The summed E-state index contributed by atoms with van der Waals surface area (Å²) in [6, 6.07) is 6.00. The molecule has 4 nitrogen and oxygen atoms in total. The quantitative estimate of drug-likeness (QED) is 0.809. The number of tetrazole rings is 1. The highest BCUT2D eigenvalue weighted by Gasteiger charge is 2.27. The molecule has 0 unspecified atom stereocenters. The minimum atomic E-state index is 0.476. The monoisotopic (exact) mass is 300 g/mol. The van der Waals surface area contributed by atoms with Gasteiger partial charge in [-0.2, -0.15) is 0 Å². The number of benzene rings is 1. The summed E-state index contributed by atoms with van der Waals surface area (Å²) in [5, 5.41) is 13.9. The molecule has 0 spiro atoms. The second-order valence-corrected chi connectivity index (χ2v) is 5.88. The Morgan fingerprint density at radius 2 is 2.00 bits per heavy atom. The molecule has 7 heteroatoms. The zero-order chi connectivity index (χ0) is 12.5. The summed E-state index contributed by atoms with van der Waals surface area (Å²) >= 11 is 13.8. The van der Waals surface area contributed by atoms with Crippen LogP contribution < -0.4 is 0 Å². The molecule has 1 aliphatic rings. The van der Waals surface area contributed by atoms with Crippen LogP contribution in [0, 0.1) is 0 Å². The SMILES string of the molecule is Clc1cccc(Cl)c1CSc1nnnn1C1CC1. The number of hydrogen-bond acceptors (Lipinski definition) is 4. The Labute approximate surface area is 119 Å². The zero-order valence-electron chi connectivity index (χ0n) is 9.38. The van der Waals surface area contributed by atoms with Crippen LogP contribution in [0.4, 0.5) is 0 Å². The molecule has 1 aromatic carbocycles. The number of halogens is 2. The van der Waals surface area contributed by atoms with Crippen LogP contribution in [0.15, 0.2) is 23.4 Å². The number of nitrogens with zero attached hydrogens (tertiary/aromatic N) is 4. The van der Waals surface area contributed by atoms with E-state index in [4.69, 9.17) is 23.2 Å². The fraction of sp³-hybridized carbons (Fsp3) is 0.364. The summed E-state index contributed by atoms with van der Waals surface area (Å²) in [5.74, 6) is 0.672. The van der Waals surface area contributed by atoms with Gasteiger partial charge in [-0.25, -0.2) is 4.68 Å². The van der Waals surface area contributed by atoms with Crippen LogP contribution in [0.3, 0.4) is 0 Å². The molecule has 3 rings (SSSR count). The first-order valence-electron chi connectivity index (χ1n) is 5.59. The molecule has 0 radical (unpaired) electrons. The Hall–Kier alpha value is -0.780. The lowest BCUT2D eigenvalue weighted by Gasteiger charge is -2.06. The van der Waals surface area contributed by atoms with Crippen LogP contribution in [0.2, 0.25) is 10.0 Å². The lowest BCUT2D eigenvalue weighted by molar-refractivity contribution is 0.565. The van der Waals surface area contributed by atoms with Crippen LogP contribution >= 0.6 is 35.0 Å². The first-order chi connectivity index (χ1) is 8.75. The highest BCUT2D eigenvalue weighted by atomic mass is 35.5. The maximum absolute atomic E-state index is 6.13. The van der Waals surface area contributed by atoms with Gasteiger partial charge in [0.1, 0.15) is 0 Å². The molecule has 1 aliphatic carbocycles. The van der Waals surface area contributed by atoms with Crippen molar-refractivity contribution in [1.82, 2.24) is 20.2 Å². The number of hydrogen-bond donors (Lipinski definition) is 0. The lowest BCUT2D eigenvalue weighted by Crippen LogP contribution is -1.99. The molecule has 1 fully saturated rings. The Morgan fingerprint density at radius 3 is 2.67 bits per heavy atom. The third-order valence-electron chi connectivity index (χ3n) is 2.76. The van der Waals surface area contributed by atoms with E-state index in [1.54, 1.807) is 11.8 Å². The first kappa shape index (κ1) is 12.3. The van der Waals surface area contributed by atoms with Gasteiger partial charge in [-0.05, 0) is 41.0 Å². The van der Waals surface area contributed by atoms with Crippen molar-refractivity contribution in [2.75, 3.05) is 0 Å². The predicted octanol–water partition coefficient (Wildman–Crippen LogP) is 3.61. The second-order valence-electron chi connectivity index (χ2n) is 4.13. The van der Waals surface area contributed by atoms with Crippen molar-refractivity contribution in [3.8, 4) is 0 Å². The van der Waals surface area contributed by atoms with E-state index in [1.807, 2.05) is 22.9 Å². The van der Waals surface area contributed by atoms with E-state index in [-0.39, 0.29) is 0 Å². The van der Waals surface area contributed by atoms with Gasteiger partial charge in [-0.1, -0.05) is 41.0 Å². The van der Waals surface area contributed by atoms with Crippen LogP contribution in [-0.4, -0.2) is 20.2 Å². The van der Waals surface area contributed by atoms with Crippen molar-refractivity contribution < 1.29 is 0 Å². The van der Waals surface area contributed by atoms with E-state index in [1.165, 1.54) is 0 Å². The predicted molar refractivity (Wildman–Crippen MR) is 72.1 cm³/mol. The van der Waals surface area contributed by atoms with Gasteiger partial charge in [-0.3, -0.25) is 0 Å². The molecular weight excluding hydrogens is 291 g/mol. The van der Waals surface area contributed by atoms with E-state index >= 15 is 0 Å². The molecule has 18 heavy (non-hydrogen) atoms. The van der Waals surface area contributed by atoms with Gasteiger partial charge in [0, 0.05) is 15.8 Å². The van der Waals surface area contributed by atoms with Gasteiger partial charge in [0.25, 0.3) is 0 Å². The van der Waals surface area contributed by atoms with E-state index in [0.717, 1.165) is 23.6 Å². The minimum absolute atomic E-state index is 0.476. The van der Waals surface area contributed by atoms with Gasteiger partial charge < -0.3 is 0 Å². The van der Waals surface area contributed by atoms with E-state index in [9.17, 15) is 0 Å². The standard InChI is InChI=1S/C11H10Cl2N4S/c12-9-2-1-3-10(13)8(9)6-18-11-14-15-16-17(11)7-4-5-7/h1-3,7H,4-6H2. The molecule has 0 bridgehead atoms. The average Bonchev–Trinajstić information content (AvgIpc) is 3.09. The topological polar surface area (TPSA) is 43.6 Å². The highest BCUT2D eigenvalue weighted by molar-refractivity contribution is 7.98. The molecule has 1 saturated carbocycles. The summed E-state index contributed by atoms with van der Waals surface area (Å²) in [6.45, 7) is 0. The van der Waals surface area contributed by atoms with Gasteiger partial charge in [-0.15, -0.1) is 5.10 Å². The normalized spacial score (nSPS) is 15.0. The number of rotatable bonds is 4. The highest BCUT2D eigenvalue weighted by Crippen LogP contribution is 2.37. The van der Waals surface area contributed by atoms with Crippen LogP contribution in [0.25, 0.3) is 0 Å². The molecule has 0 amide bonds. The largest absolute Gasteiger partial charge is 0.217 e. The molecule has 2 aromatic rings. The van der Waals surface area contributed by atoms with Crippen molar-refractivity contribution in [3.63, 3.8) is 0 Å². The summed E-state index contributed by atoms with van der Waals surface area (Å²) in [4.78, 5) is 0. The lowest BCUT2D eigenvalue weighted by atomic mass is 10.2. The third-order valence-corrected chi connectivity index (χ3v) is 4.43. The van der Waals surface area contributed by atoms with Gasteiger partial charge in [0.15, 0.2) is 0 Å². The Balaban J connectivity index is 1.76. The fourth-order valence-electron chi connectivity index (χ4n) is 1.64. The smallest absolute Gasteiger partial charge is 0.209 e. The van der Waals surface area contributed by atoms with Crippen molar-refractivity contribution in [2.24, 2.45) is 0 Å². The molecule has 94 valence electrons. The maximum atomic E-state index is 6.13. The Bertz CT molecular complexity index is 548. The molecule has 1 aromatic heterocycles. The Morgan fingerprint density at radius 1 is 1.28 bits per heavy atom. The third kappa shape index (κ3) is 2.48. The number of aromatic nitrogens is 4. The fourth-order valence-corrected chi connectivity index (χ4v) is 3.32. The van der Waals surface area contributed by atoms with Gasteiger partial charge >= 0.3 is 0 Å². The van der Waals surface area contributed by atoms with E-state index in [2.05, 4.69) is 15.5 Å². The van der Waals surface area contributed by atoms with Crippen molar-refractivity contribution in [2.45, 2.75) is 29.8 Å². The molecular formula is C11H10Cl2N4S. The summed E-state index contributed by atoms with van der Waals surface area (Å²) in [5.41, 5.74) is 0.927. The van der Waals surface area contributed by atoms with E-state index in [0.29, 0.717) is 21.8 Å². The minimum Gasteiger partial charge on any atom is -0.217 e.